The Labute approximate surface area is 135 Å². The summed E-state index contributed by atoms with van der Waals surface area (Å²) in [6, 6.07) is 14.5. The Morgan fingerprint density at radius 2 is 1.73 bits per heavy atom. The number of urea groups is 1. The standard InChI is InChI=1S/C17H18ClN3O/c1-12(2)14-5-3-13(4-6-14)11-19-21-17(22)20-16-9-7-15(18)8-10-16/h3-12H,1-2H3,(H2,20,21,22)/b19-11-. The molecule has 0 bridgehead atoms. The summed E-state index contributed by atoms with van der Waals surface area (Å²) in [5.41, 5.74) is 5.27. The van der Waals surface area contributed by atoms with Crippen molar-refractivity contribution in [3.8, 4) is 0 Å². The molecule has 4 nitrogen and oxygen atoms in total. The fraction of sp³-hybridized carbons (Fsp3) is 0.176. The number of nitrogens with zero attached hydrogens (tertiary/aromatic N) is 1. The molecule has 0 radical (unpaired) electrons. The predicted octanol–water partition coefficient (Wildman–Crippen LogP) is 4.62. The van der Waals surface area contributed by atoms with Gasteiger partial charge >= 0.3 is 6.03 Å². The molecule has 2 N–H and O–H groups in total. The van der Waals surface area contributed by atoms with Crippen molar-refractivity contribution in [2.75, 3.05) is 5.32 Å². The highest BCUT2D eigenvalue weighted by Crippen LogP contribution is 2.14. The minimum absolute atomic E-state index is 0.405. The second-order valence-electron chi connectivity index (χ2n) is 5.15. The molecule has 0 aliphatic rings. The molecule has 22 heavy (non-hydrogen) atoms. The Bertz CT molecular complexity index is 649. The first-order valence-electron chi connectivity index (χ1n) is 7.00. The van der Waals surface area contributed by atoms with E-state index >= 15 is 0 Å². The Morgan fingerprint density at radius 3 is 2.32 bits per heavy atom. The number of anilines is 1. The zero-order valence-corrected chi connectivity index (χ0v) is 13.3. The van der Waals surface area contributed by atoms with Crippen LogP contribution in [0.2, 0.25) is 5.02 Å². The van der Waals surface area contributed by atoms with Gasteiger partial charge in [0.05, 0.1) is 6.21 Å². The van der Waals surface area contributed by atoms with Gasteiger partial charge in [-0.1, -0.05) is 49.7 Å². The molecule has 0 aliphatic carbocycles. The molecule has 114 valence electrons. The van der Waals surface area contributed by atoms with Crippen LogP contribution in [0.3, 0.4) is 0 Å². The number of hydrogen-bond donors (Lipinski definition) is 2. The van der Waals surface area contributed by atoms with Crippen LogP contribution in [-0.2, 0) is 0 Å². The van der Waals surface area contributed by atoms with E-state index in [-0.39, 0.29) is 0 Å². The second kappa shape index (κ2) is 7.61. The molecular weight excluding hydrogens is 298 g/mol. The van der Waals surface area contributed by atoms with E-state index in [1.165, 1.54) is 5.56 Å². The van der Waals surface area contributed by atoms with Crippen molar-refractivity contribution < 1.29 is 4.79 Å². The number of carbonyl (C=O) groups excluding carboxylic acids is 1. The van der Waals surface area contributed by atoms with Crippen LogP contribution >= 0.6 is 11.6 Å². The molecule has 0 atom stereocenters. The van der Waals surface area contributed by atoms with Crippen molar-refractivity contribution in [2.45, 2.75) is 19.8 Å². The van der Waals surface area contributed by atoms with Gasteiger partial charge in [-0.25, -0.2) is 10.2 Å². The van der Waals surface area contributed by atoms with Crippen molar-refractivity contribution >= 4 is 29.5 Å². The van der Waals surface area contributed by atoms with Crippen LogP contribution in [0, 0.1) is 0 Å². The van der Waals surface area contributed by atoms with Gasteiger partial charge in [0, 0.05) is 10.7 Å². The molecule has 0 saturated heterocycles. The van der Waals surface area contributed by atoms with Gasteiger partial charge in [-0.15, -0.1) is 0 Å². The monoisotopic (exact) mass is 315 g/mol. The Balaban J connectivity index is 1.86. The highest BCUT2D eigenvalue weighted by molar-refractivity contribution is 6.30. The zero-order valence-electron chi connectivity index (χ0n) is 12.5. The fourth-order valence-electron chi connectivity index (χ4n) is 1.82. The largest absolute Gasteiger partial charge is 0.339 e. The van der Waals surface area contributed by atoms with Crippen molar-refractivity contribution in [2.24, 2.45) is 5.10 Å². The van der Waals surface area contributed by atoms with Gasteiger partial charge < -0.3 is 5.32 Å². The summed E-state index contributed by atoms with van der Waals surface area (Å²) in [4.78, 5) is 11.7. The SMILES string of the molecule is CC(C)c1ccc(/C=N\NC(=O)Nc2ccc(Cl)cc2)cc1. The average Bonchev–Trinajstić information content (AvgIpc) is 2.50. The fourth-order valence-corrected chi connectivity index (χ4v) is 1.95. The number of halogens is 1. The van der Waals surface area contributed by atoms with Crippen LogP contribution in [-0.4, -0.2) is 12.2 Å². The molecule has 0 saturated carbocycles. The minimum atomic E-state index is -0.405. The molecule has 5 heteroatoms. The van der Waals surface area contributed by atoms with Crippen molar-refractivity contribution in [3.63, 3.8) is 0 Å². The van der Waals surface area contributed by atoms with Crippen LogP contribution < -0.4 is 10.7 Å². The number of rotatable bonds is 4. The third kappa shape index (κ3) is 4.90. The van der Waals surface area contributed by atoms with Crippen LogP contribution in [0.4, 0.5) is 10.5 Å². The molecule has 0 aliphatic heterocycles. The maximum Gasteiger partial charge on any atom is 0.339 e. The lowest BCUT2D eigenvalue weighted by Gasteiger charge is -2.05. The van der Waals surface area contributed by atoms with E-state index in [0.717, 1.165) is 5.56 Å². The van der Waals surface area contributed by atoms with Crippen molar-refractivity contribution in [1.29, 1.82) is 0 Å². The number of hydrazone groups is 1. The maximum atomic E-state index is 11.7. The smallest absolute Gasteiger partial charge is 0.307 e. The van der Waals surface area contributed by atoms with Gasteiger partial charge in [-0.05, 0) is 41.3 Å². The number of benzene rings is 2. The maximum absolute atomic E-state index is 11.7. The summed E-state index contributed by atoms with van der Waals surface area (Å²) in [6.07, 6.45) is 1.60. The van der Waals surface area contributed by atoms with Gasteiger partial charge in [0.15, 0.2) is 0 Å². The number of hydrogen-bond acceptors (Lipinski definition) is 2. The first-order valence-corrected chi connectivity index (χ1v) is 7.38. The van der Waals surface area contributed by atoms with Gasteiger partial charge in [0.1, 0.15) is 0 Å². The van der Waals surface area contributed by atoms with E-state index in [1.807, 2.05) is 12.1 Å². The van der Waals surface area contributed by atoms with E-state index in [0.29, 0.717) is 16.6 Å². The number of carbonyl (C=O) groups is 1. The quantitative estimate of drug-likeness (QED) is 0.628. The summed E-state index contributed by atoms with van der Waals surface area (Å²) in [5.74, 6) is 0.495. The summed E-state index contributed by atoms with van der Waals surface area (Å²) < 4.78 is 0. The van der Waals surface area contributed by atoms with E-state index in [9.17, 15) is 4.79 Å². The Hall–Kier alpha value is -2.33. The normalized spacial score (nSPS) is 10.9. The highest BCUT2D eigenvalue weighted by Gasteiger charge is 2.00. The lowest BCUT2D eigenvalue weighted by molar-refractivity contribution is 0.252. The molecule has 0 unspecified atom stereocenters. The van der Waals surface area contributed by atoms with Gasteiger partial charge in [0.25, 0.3) is 0 Å². The van der Waals surface area contributed by atoms with Crippen molar-refractivity contribution in [3.05, 3.63) is 64.7 Å². The molecule has 0 spiro atoms. The molecule has 2 rings (SSSR count). The van der Waals surface area contributed by atoms with E-state index in [1.54, 1.807) is 30.5 Å². The first-order chi connectivity index (χ1) is 10.5. The van der Waals surface area contributed by atoms with Crippen LogP contribution in [0.25, 0.3) is 0 Å². The molecule has 2 aromatic rings. The molecule has 0 aromatic heterocycles. The van der Waals surface area contributed by atoms with Crippen molar-refractivity contribution in [1.82, 2.24) is 5.43 Å². The minimum Gasteiger partial charge on any atom is -0.307 e. The molecular formula is C17H18ClN3O. The first kappa shape index (κ1) is 16.0. The van der Waals surface area contributed by atoms with Crippen LogP contribution in [0.5, 0.6) is 0 Å². The van der Waals surface area contributed by atoms with Gasteiger partial charge in [-0.3, -0.25) is 0 Å². The van der Waals surface area contributed by atoms with Gasteiger partial charge in [0.2, 0.25) is 0 Å². The summed E-state index contributed by atoms with van der Waals surface area (Å²) in [5, 5.41) is 7.19. The van der Waals surface area contributed by atoms with E-state index < -0.39 is 6.03 Å². The molecule has 0 heterocycles. The van der Waals surface area contributed by atoms with E-state index in [2.05, 4.69) is 41.8 Å². The second-order valence-corrected chi connectivity index (χ2v) is 5.59. The van der Waals surface area contributed by atoms with Crippen LogP contribution in [0.15, 0.2) is 53.6 Å². The highest BCUT2D eigenvalue weighted by atomic mass is 35.5. The average molecular weight is 316 g/mol. The lowest BCUT2D eigenvalue weighted by atomic mass is 10.0. The lowest BCUT2D eigenvalue weighted by Crippen LogP contribution is -2.24. The van der Waals surface area contributed by atoms with Gasteiger partial charge in [-0.2, -0.15) is 5.10 Å². The summed E-state index contributed by atoms with van der Waals surface area (Å²) >= 11 is 5.78. The number of nitrogens with one attached hydrogen (secondary N) is 2. The van der Waals surface area contributed by atoms with Crippen LogP contribution in [0.1, 0.15) is 30.9 Å². The summed E-state index contributed by atoms with van der Waals surface area (Å²) in [6.45, 7) is 4.29. The zero-order chi connectivity index (χ0) is 15.9. The molecule has 0 fully saturated rings. The molecule has 2 amide bonds. The predicted molar refractivity (Wildman–Crippen MR) is 91.7 cm³/mol. The topological polar surface area (TPSA) is 53.5 Å². The third-order valence-corrected chi connectivity index (χ3v) is 3.34. The summed E-state index contributed by atoms with van der Waals surface area (Å²) in [7, 11) is 0. The molecule has 2 aromatic carbocycles. The Morgan fingerprint density at radius 1 is 1.09 bits per heavy atom. The Kier molecular flexibility index (Phi) is 5.55. The number of amides is 2. The van der Waals surface area contributed by atoms with E-state index in [4.69, 9.17) is 11.6 Å². The third-order valence-electron chi connectivity index (χ3n) is 3.08.